The third kappa shape index (κ3) is 3.35. The Morgan fingerprint density at radius 3 is 2.72 bits per heavy atom. The average molecular weight is 254 g/mol. The van der Waals surface area contributed by atoms with Crippen molar-refractivity contribution < 1.29 is 9.59 Å². The van der Waals surface area contributed by atoms with Crippen LogP contribution in [-0.2, 0) is 4.79 Å². The van der Waals surface area contributed by atoms with Gasteiger partial charge in [-0.1, -0.05) is 0 Å². The molecule has 0 aromatic rings. The average Bonchev–Trinajstić information content (AvgIpc) is 3.08. The molecule has 6 heteroatoms. The Morgan fingerprint density at radius 1 is 1.39 bits per heavy atom. The van der Waals surface area contributed by atoms with Crippen LogP contribution >= 0.6 is 0 Å². The van der Waals surface area contributed by atoms with E-state index in [2.05, 4.69) is 10.6 Å². The largest absolute Gasteiger partial charge is 0.340 e. The number of hydrogen-bond acceptors (Lipinski definition) is 3. The van der Waals surface area contributed by atoms with E-state index in [-0.39, 0.29) is 18.0 Å². The number of likely N-dealkylation sites (tertiary alicyclic amines) is 1. The van der Waals surface area contributed by atoms with E-state index in [1.807, 2.05) is 4.90 Å². The highest BCUT2D eigenvalue weighted by molar-refractivity contribution is 5.84. The Labute approximate surface area is 108 Å². The van der Waals surface area contributed by atoms with Crippen molar-refractivity contribution in [3.05, 3.63) is 0 Å². The molecule has 1 heterocycles. The minimum atomic E-state index is -0.116. The molecular formula is C12H22N4O2. The molecule has 102 valence electrons. The summed E-state index contributed by atoms with van der Waals surface area (Å²) in [7, 11) is 3.40. The number of carbonyl (C=O) groups excluding carboxylic acids is 2. The molecule has 0 radical (unpaired) electrons. The van der Waals surface area contributed by atoms with E-state index in [4.69, 9.17) is 0 Å². The minimum absolute atomic E-state index is 0.00190. The first-order valence-electron chi connectivity index (χ1n) is 6.58. The zero-order chi connectivity index (χ0) is 13.1. The fraction of sp³-hybridized carbons (Fsp3) is 0.833. The lowest BCUT2D eigenvalue weighted by molar-refractivity contribution is -0.129. The third-order valence-corrected chi connectivity index (χ3v) is 3.38. The maximum atomic E-state index is 12.0. The van der Waals surface area contributed by atoms with E-state index in [0.29, 0.717) is 19.1 Å². The highest BCUT2D eigenvalue weighted by atomic mass is 16.2. The van der Waals surface area contributed by atoms with Gasteiger partial charge < -0.3 is 20.4 Å². The summed E-state index contributed by atoms with van der Waals surface area (Å²) >= 11 is 0. The van der Waals surface area contributed by atoms with E-state index in [1.54, 1.807) is 14.1 Å². The SMILES string of the molecule is CN(C)C(=O)NCCN1CCC(NC2CC2)C1=O. The van der Waals surface area contributed by atoms with Crippen LogP contribution in [-0.4, -0.2) is 67.6 Å². The summed E-state index contributed by atoms with van der Waals surface area (Å²) in [5.74, 6) is 0.181. The third-order valence-electron chi connectivity index (χ3n) is 3.38. The van der Waals surface area contributed by atoms with Crippen LogP contribution in [0.15, 0.2) is 0 Å². The van der Waals surface area contributed by atoms with Crippen LogP contribution in [0.5, 0.6) is 0 Å². The Balaban J connectivity index is 1.67. The van der Waals surface area contributed by atoms with Gasteiger partial charge in [0.25, 0.3) is 0 Å². The van der Waals surface area contributed by atoms with Crippen LogP contribution in [0.25, 0.3) is 0 Å². The smallest absolute Gasteiger partial charge is 0.316 e. The monoisotopic (exact) mass is 254 g/mol. The molecule has 2 rings (SSSR count). The Kier molecular flexibility index (Phi) is 4.06. The molecule has 3 amide bonds. The quantitative estimate of drug-likeness (QED) is 0.702. The van der Waals surface area contributed by atoms with Crippen molar-refractivity contribution in [2.45, 2.75) is 31.3 Å². The highest BCUT2D eigenvalue weighted by Crippen LogP contribution is 2.22. The lowest BCUT2D eigenvalue weighted by Crippen LogP contribution is -2.43. The van der Waals surface area contributed by atoms with Crippen molar-refractivity contribution in [1.29, 1.82) is 0 Å². The van der Waals surface area contributed by atoms with Crippen molar-refractivity contribution in [1.82, 2.24) is 20.4 Å². The zero-order valence-electron chi connectivity index (χ0n) is 11.1. The van der Waals surface area contributed by atoms with Gasteiger partial charge in [0.2, 0.25) is 5.91 Å². The van der Waals surface area contributed by atoms with Crippen LogP contribution in [0.3, 0.4) is 0 Å². The number of nitrogens with zero attached hydrogens (tertiary/aromatic N) is 2. The maximum absolute atomic E-state index is 12.0. The molecule has 6 nitrogen and oxygen atoms in total. The fourth-order valence-electron chi connectivity index (χ4n) is 2.11. The molecule has 0 bridgehead atoms. The lowest BCUT2D eigenvalue weighted by Gasteiger charge is -2.18. The van der Waals surface area contributed by atoms with Crippen molar-refractivity contribution in [3.8, 4) is 0 Å². The summed E-state index contributed by atoms with van der Waals surface area (Å²) in [5, 5.41) is 6.13. The van der Waals surface area contributed by atoms with Gasteiger partial charge >= 0.3 is 6.03 Å². The Morgan fingerprint density at radius 2 is 2.11 bits per heavy atom. The normalized spacial score (nSPS) is 23.3. The summed E-state index contributed by atoms with van der Waals surface area (Å²) in [6.45, 7) is 1.90. The molecule has 1 unspecified atom stereocenters. The molecule has 1 aliphatic heterocycles. The van der Waals surface area contributed by atoms with E-state index in [9.17, 15) is 9.59 Å². The summed E-state index contributed by atoms with van der Waals surface area (Å²) in [6.07, 6.45) is 3.28. The predicted octanol–water partition coefficient (Wildman–Crippen LogP) is -0.389. The van der Waals surface area contributed by atoms with E-state index in [0.717, 1.165) is 13.0 Å². The van der Waals surface area contributed by atoms with Gasteiger partial charge in [-0.25, -0.2) is 4.79 Å². The molecule has 1 atom stereocenters. The van der Waals surface area contributed by atoms with Crippen molar-refractivity contribution in [2.24, 2.45) is 0 Å². The van der Waals surface area contributed by atoms with E-state index < -0.39 is 0 Å². The Bertz CT molecular complexity index is 328. The molecule has 1 saturated carbocycles. The second kappa shape index (κ2) is 5.56. The molecule has 18 heavy (non-hydrogen) atoms. The first kappa shape index (κ1) is 13.1. The van der Waals surface area contributed by atoms with Crippen LogP contribution in [0.4, 0.5) is 4.79 Å². The van der Waals surface area contributed by atoms with E-state index in [1.165, 1.54) is 17.7 Å². The Hall–Kier alpha value is -1.30. The summed E-state index contributed by atoms with van der Waals surface area (Å²) < 4.78 is 0. The van der Waals surface area contributed by atoms with Gasteiger partial charge in [-0.2, -0.15) is 0 Å². The van der Waals surface area contributed by atoms with Crippen molar-refractivity contribution in [2.75, 3.05) is 33.7 Å². The zero-order valence-corrected chi connectivity index (χ0v) is 11.1. The molecule has 0 aromatic heterocycles. The van der Waals surface area contributed by atoms with Gasteiger partial charge in [-0.3, -0.25) is 4.79 Å². The van der Waals surface area contributed by atoms with E-state index >= 15 is 0 Å². The second-order valence-corrected chi connectivity index (χ2v) is 5.23. The van der Waals surface area contributed by atoms with Crippen LogP contribution in [0, 0.1) is 0 Å². The number of urea groups is 1. The molecule has 2 fully saturated rings. The van der Waals surface area contributed by atoms with Crippen molar-refractivity contribution in [3.63, 3.8) is 0 Å². The predicted molar refractivity (Wildman–Crippen MR) is 68.2 cm³/mol. The molecule has 0 spiro atoms. The number of amides is 3. The lowest BCUT2D eigenvalue weighted by atomic mass is 10.2. The highest BCUT2D eigenvalue weighted by Gasteiger charge is 2.35. The molecule has 1 saturated heterocycles. The second-order valence-electron chi connectivity index (χ2n) is 5.23. The molecule has 2 aliphatic rings. The molecule has 0 aromatic carbocycles. The minimum Gasteiger partial charge on any atom is -0.340 e. The molecule has 2 N–H and O–H groups in total. The first-order chi connectivity index (χ1) is 8.58. The van der Waals surface area contributed by atoms with Crippen LogP contribution in [0.1, 0.15) is 19.3 Å². The van der Waals surface area contributed by atoms with Gasteiger partial charge in [0, 0.05) is 39.8 Å². The number of rotatable bonds is 5. The van der Waals surface area contributed by atoms with Gasteiger partial charge in [0.15, 0.2) is 0 Å². The maximum Gasteiger partial charge on any atom is 0.316 e. The van der Waals surface area contributed by atoms with Crippen molar-refractivity contribution >= 4 is 11.9 Å². The van der Waals surface area contributed by atoms with Gasteiger partial charge in [0.1, 0.15) is 0 Å². The molecule has 1 aliphatic carbocycles. The standard InChI is InChI=1S/C12H22N4O2/c1-15(2)12(18)13-6-8-16-7-5-10(11(16)17)14-9-3-4-9/h9-10,14H,3-8H2,1-2H3,(H,13,18). The summed E-state index contributed by atoms with van der Waals surface area (Å²) in [4.78, 5) is 26.7. The number of hydrogen-bond donors (Lipinski definition) is 2. The molecular weight excluding hydrogens is 232 g/mol. The number of carbonyl (C=O) groups is 2. The number of nitrogens with one attached hydrogen (secondary N) is 2. The van der Waals surface area contributed by atoms with Crippen LogP contribution in [0.2, 0.25) is 0 Å². The fourth-order valence-corrected chi connectivity index (χ4v) is 2.11. The first-order valence-corrected chi connectivity index (χ1v) is 6.58. The van der Waals surface area contributed by atoms with Gasteiger partial charge in [-0.15, -0.1) is 0 Å². The van der Waals surface area contributed by atoms with Gasteiger partial charge in [-0.05, 0) is 19.3 Å². The topological polar surface area (TPSA) is 64.7 Å². The summed E-state index contributed by atoms with van der Waals surface area (Å²) in [6, 6.07) is 0.448. The van der Waals surface area contributed by atoms with Crippen LogP contribution < -0.4 is 10.6 Å². The van der Waals surface area contributed by atoms with Gasteiger partial charge in [0.05, 0.1) is 6.04 Å². The summed E-state index contributed by atoms with van der Waals surface area (Å²) in [5.41, 5.74) is 0.